The highest BCUT2D eigenvalue weighted by molar-refractivity contribution is 5.95. The van der Waals surface area contributed by atoms with Gasteiger partial charge in [-0.1, -0.05) is 170 Å². The van der Waals surface area contributed by atoms with Crippen LogP contribution in [0.15, 0.2) is 188 Å². The number of hydrogen-bond donors (Lipinski definition) is 0. The first-order valence-electron chi connectivity index (χ1n) is 19.2. The summed E-state index contributed by atoms with van der Waals surface area (Å²) in [6, 6.07) is 59.9. The average molecular weight is 718 g/mol. The van der Waals surface area contributed by atoms with Crippen molar-refractivity contribution in [3.63, 3.8) is 0 Å². The number of nitrogens with zero attached hydrogens (tertiary/aromatic N) is 3. The van der Waals surface area contributed by atoms with Crippen LogP contribution in [0.5, 0.6) is 11.5 Å². The van der Waals surface area contributed by atoms with Crippen molar-refractivity contribution >= 4 is 5.57 Å². The van der Waals surface area contributed by atoms with E-state index in [0.29, 0.717) is 17.5 Å². The lowest BCUT2D eigenvalue weighted by Gasteiger charge is -2.39. The first kappa shape index (κ1) is 32.3. The molecule has 3 aliphatic rings. The Hall–Kier alpha value is -7.17. The number of aromatic nitrogens is 3. The topological polar surface area (TPSA) is 47.9 Å². The minimum Gasteiger partial charge on any atom is -0.457 e. The molecule has 0 radical (unpaired) electrons. The molecule has 0 saturated carbocycles. The molecule has 1 aromatic heterocycles. The van der Waals surface area contributed by atoms with Crippen molar-refractivity contribution in [2.24, 2.45) is 0 Å². The minimum absolute atomic E-state index is 0.581. The number of fused-ring (bicyclic) bond motifs is 9. The molecule has 264 valence electrons. The Morgan fingerprint density at radius 3 is 1.71 bits per heavy atom. The summed E-state index contributed by atoms with van der Waals surface area (Å²) < 4.78 is 6.57. The molecule has 8 aromatic rings. The molecule has 56 heavy (non-hydrogen) atoms. The Morgan fingerprint density at radius 1 is 0.429 bits per heavy atom. The van der Waals surface area contributed by atoms with Gasteiger partial charge in [0.1, 0.15) is 11.5 Å². The van der Waals surface area contributed by atoms with Crippen molar-refractivity contribution in [2.75, 3.05) is 0 Å². The standard InChI is InChI=1S/C52H35N3O/c1-3-15-34(16-4-1)38-19-13-20-39(33-38)35-29-31-37(32-30-35)50-53-49(36-17-5-2-6-18-36)54-51(55-50)41-22-14-26-45-48(41)40-21-7-8-23-42(40)52(45)43-24-9-11-27-46(43)56-47-28-12-10-25-44(47)52/h1-3,5-15,17-33H,4,16H2. The van der Waals surface area contributed by atoms with Crippen molar-refractivity contribution in [3.05, 3.63) is 216 Å². The zero-order valence-electron chi connectivity index (χ0n) is 30.6. The summed E-state index contributed by atoms with van der Waals surface area (Å²) in [6.07, 6.45) is 8.77. The second kappa shape index (κ2) is 13.0. The molecular formula is C52H35N3O. The monoisotopic (exact) mass is 717 g/mol. The molecular weight excluding hydrogens is 683 g/mol. The van der Waals surface area contributed by atoms with Crippen molar-refractivity contribution in [1.29, 1.82) is 0 Å². The predicted octanol–water partition coefficient (Wildman–Crippen LogP) is 12.7. The molecule has 0 amide bonds. The molecule has 0 unspecified atom stereocenters. The third-order valence-corrected chi connectivity index (χ3v) is 11.5. The molecule has 0 bridgehead atoms. The molecule has 4 nitrogen and oxygen atoms in total. The van der Waals surface area contributed by atoms with Crippen LogP contribution in [0.1, 0.15) is 40.7 Å². The van der Waals surface area contributed by atoms with Gasteiger partial charge >= 0.3 is 0 Å². The Morgan fingerprint density at radius 2 is 0.982 bits per heavy atom. The predicted molar refractivity (Wildman–Crippen MR) is 225 cm³/mol. The first-order chi connectivity index (χ1) is 27.8. The van der Waals surface area contributed by atoms with Crippen LogP contribution in [0.3, 0.4) is 0 Å². The van der Waals surface area contributed by atoms with Crippen LogP contribution < -0.4 is 4.74 Å². The summed E-state index contributed by atoms with van der Waals surface area (Å²) in [5, 5.41) is 0. The second-order valence-electron chi connectivity index (χ2n) is 14.6. The van der Waals surface area contributed by atoms with Crippen LogP contribution in [-0.4, -0.2) is 15.0 Å². The molecule has 1 aliphatic heterocycles. The quantitative estimate of drug-likeness (QED) is 0.178. The molecule has 7 aromatic carbocycles. The Balaban J connectivity index is 1.09. The van der Waals surface area contributed by atoms with Gasteiger partial charge in [0.15, 0.2) is 17.5 Å². The summed E-state index contributed by atoms with van der Waals surface area (Å²) in [6.45, 7) is 0. The highest BCUT2D eigenvalue weighted by Gasteiger charge is 2.51. The SMILES string of the molecule is C1=CCCC(c2cccc(-c3ccc(-c4nc(-c5ccccc5)nc(-c5cccc6c5-c5ccccc5C65c6ccccc6Oc6ccccc65)n4)cc3)c2)=C1. The van der Waals surface area contributed by atoms with Gasteiger partial charge in [0.2, 0.25) is 0 Å². The Bertz CT molecular complexity index is 2840. The van der Waals surface area contributed by atoms with Gasteiger partial charge in [-0.3, -0.25) is 0 Å². The zero-order chi connectivity index (χ0) is 37.1. The maximum absolute atomic E-state index is 6.57. The third kappa shape index (κ3) is 5.03. The highest BCUT2D eigenvalue weighted by Crippen LogP contribution is 2.63. The number of hydrogen-bond acceptors (Lipinski definition) is 4. The van der Waals surface area contributed by atoms with Gasteiger partial charge in [-0.2, -0.15) is 0 Å². The van der Waals surface area contributed by atoms with Crippen molar-refractivity contribution < 1.29 is 4.74 Å². The van der Waals surface area contributed by atoms with E-state index in [2.05, 4.69) is 158 Å². The van der Waals surface area contributed by atoms with Gasteiger partial charge in [0.25, 0.3) is 0 Å². The number of allylic oxidation sites excluding steroid dienone is 4. The van der Waals surface area contributed by atoms with Crippen LogP contribution in [0, 0.1) is 0 Å². The number of rotatable bonds is 5. The maximum Gasteiger partial charge on any atom is 0.164 e. The molecule has 2 aliphatic carbocycles. The van der Waals surface area contributed by atoms with Crippen LogP contribution in [0.25, 0.3) is 62.0 Å². The van der Waals surface area contributed by atoms with E-state index in [1.54, 1.807) is 0 Å². The highest BCUT2D eigenvalue weighted by atomic mass is 16.5. The third-order valence-electron chi connectivity index (χ3n) is 11.5. The van der Waals surface area contributed by atoms with E-state index >= 15 is 0 Å². The van der Waals surface area contributed by atoms with E-state index in [-0.39, 0.29) is 0 Å². The van der Waals surface area contributed by atoms with Crippen LogP contribution in [0.4, 0.5) is 0 Å². The van der Waals surface area contributed by atoms with Crippen LogP contribution in [0.2, 0.25) is 0 Å². The molecule has 0 N–H and O–H groups in total. The van der Waals surface area contributed by atoms with Gasteiger partial charge in [-0.15, -0.1) is 0 Å². The fourth-order valence-corrected chi connectivity index (χ4v) is 8.98. The van der Waals surface area contributed by atoms with Gasteiger partial charge in [0.05, 0.1) is 5.41 Å². The van der Waals surface area contributed by atoms with Gasteiger partial charge in [0, 0.05) is 27.8 Å². The van der Waals surface area contributed by atoms with E-state index < -0.39 is 5.41 Å². The van der Waals surface area contributed by atoms with E-state index in [1.165, 1.54) is 33.4 Å². The Kier molecular flexibility index (Phi) is 7.49. The molecule has 0 fully saturated rings. The van der Waals surface area contributed by atoms with E-state index in [0.717, 1.165) is 63.3 Å². The van der Waals surface area contributed by atoms with Gasteiger partial charge in [-0.25, -0.2) is 15.0 Å². The first-order valence-corrected chi connectivity index (χ1v) is 19.2. The Labute approximate surface area is 326 Å². The average Bonchev–Trinajstić information content (AvgIpc) is 3.58. The van der Waals surface area contributed by atoms with Crippen molar-refractivity contribution in [2.45, 2.75) is 18.3 Å². The smallest absolute Gasteiger partial charge is 0.164 e. The zero-order valence-corrected chi connectivity index (χ0v) is 30.6. The summed E-state index contributed by atoms with van der Waals surface area (Å²) >= 11 is 0. The molecule has 0 atom stereocenters. The van der Waals surface area contributed by atoms with Crippen molar-refractivity contribution in [3.8, 4) is 67.9 Å². The maximum atomic E-state index is 6.57. The second-order valence-corrected chi connectivity index (χ2v) is 14.6. The molecule has 4 heteroatoms. The van der Waals surface area contributed by atoms with Gasteiger partial charge in [-0.05, 0) is 75.6 Å². The lowest BCUT2D eigenvalue weighted by Crippen LogP contribution is -2.32. The molecule has 1 spiro atoms. The molecule has 2 heterocycles. The summed E-state index contributed by atoms with van der Waals surface area (Å²) in [5.74, 6) is 3.64. The van der Waals surface area contributed by atoms with Crippen LogP contribution in [-0.2, 0) is 5.41 Å². The largest absolute Gasteiger partial charge is 0.457 e. The molecule has 0 saturated heterocycles. The fourth-order valence-electron chi connectivity index (χ4n) is 8.98. The number of benzene rings is 7. The summed E-state index contributed by atoms with van der Waals surface area (Å²) in [7, 11) is 0. The summed E-state index contributed by atoms with van der Waals surface area (Å²) in [5.41, 5.74) is 14.2. The van der Waals surface area contributed by atoms with Crippen LogP contribution >= 0.6 is 0 Å². The van der Waals surface area contributed by atoms with E-state index in [4.69, 9.17) is 19.7 Å². The van der Waals surface area contributed by atoms with Gasteiger partial charge < -0.3 is 4.74 Å². The van der Waals surface area contributed by atoms with E-state index in [1.807, 2.05) is 30.3 Å². The summed E-state index contributed by atoms with van der Waals surface area (Å²) in [4.78, 5) is 15.6. The lowest BCUT2D eigenvalue weighted by molar-refractivity contribution is 0.436. The fraction of sp³-hybridized carbons (Fsp3) is 0.0577. The van der Waals surface area contributed by atoms with E-state index in [9.17, 15) is 0 Å². The normalized spacial score (nSPS) is 14.2. The van der Waals surface area contributed by atoms with Crippen molar-refractivity contribution in [1.82, 2.24) is 15.0 Å². The lowest BCUT2D eigenvalue weighted by atomic mass is 9.66. The number of para-hydroxylation sites is 2. The minimum atomic E-state index is -0.581. The number of ether oxygens (including phenoxy) is 1. The molecule has 11 rings (SSSR count).